The van der Waals surface area contributed by atoms with E-state index in [-0.39, 0.29) is 22.2 Å². The van der Waals surface area contributed by atoms with Gasteiger partial charge in [-0.2, -0.15) is 0 Å². The van der Waals surface area contributed by atoms with Crippen LogP contribution in [0.5, 0.6) is 0 Å². The van der Waals surface area contributed by atoms with Gasteiger partial charge in [-0.3, -0.25) is 4.79 Å². The molecule has 0 amide bonds. The second-order valence-electron chi connectivity index (χ2n) is 14.5. The van der Waals surface area contributed by atoms with E-state index in [4.69, 9.17) is 9.47 Å². The molecular weight excluding hydrogens is 452 g/mol. The highest BCUT2D eigenvalue weighted by atomic mass is 16.7. The molecule has 0 aromatic carbocycles. The van der Waals surface area contributed by atoms with Crippen molar-refractivity contribution in [2.24, 2.45) is 39.9 Å². The molecule has 2 N–H and O–H groups in total. The Morgan fingerprint density at radius 1 is 1.00 bits per heavy atom. The molecule has 3 aliphatic carbocycles. The molecule has 5 heteroatoms. The molecule has 1 aliphatic heterocycles. The molecule has 9 atom stereocenters. The van der Waals surface area contributed by atoms with Crippen LogP contribution >= 0.6 is 0 Å². The van der Waals surface area contributed by atoms with Crippen molar-refractivity contribution in [1.29, 1.82) is 0 Å². The van der Waals surface area contributed by atoms with E-state index in [0.29, 0.717) is 36.5 Å². The molecule has 0 aromatic rings. The van der Waals surface area contributed by atoms with Gasteiger partial charge in [0.1, 0.15) is 5.60 Å². The van der Waals surface area contributed by atoms with E-state index in [2.05, 4.69) is 41.2 Å². The Morgan fingerprint density at radius 2 is 1.64 bits per heavy atom. The van der Waals surface area contributed by atoms with Gasteiger partial charge >= 0.3 is 5.97 Å². The normalized spacial score (nSPS) is 48.8. The van der Waals surface area contributed by atoms with Crippen molar-refractivity contribution < 1.29 is 24.5 Å². The Bertz CT molecular complexity index is 892. The van der Waals surface area contributed by atoms with Crippen LogP contribution in [-0.2, 0) is 14.3 Å². The summed E-state index contributed by atoms with van der Waals surface area (Å²) in [5, 5.41) is 21.8. The van der Waals surface area contributed by atoms with E-state index in [9.17, 15) is 15.0 Å². The SMILES string of the molecule is C=C(C)C1CCC2(C)C(CCC3C(C4(C)CCC(O)(C(C)(C)O)O4)CCC32C)C1(C)CCC(=O)OC. The summed E-state index contributed by atoms with van der Waals surface area (Å²) in [6, 6.07) is 0. The van der Waals surface area contributed by atoms with Crippen LogP contribution in [0.15, 0.2) is 12.2 Å². The minimum Gasteiger partial charge on any atom is -0.469 e. The number of hydrogen-bond donors (Lipinski definition) is 2. The van der Waals surface area contributed by atoms with Gasteiger partial charge in [0.2, 0.25) is 0 Å². The fourth-order valence-corrected chi connectivity index (χ4v) is 10.1. The fraction of sp³-hybridized carbons (Fsp3) is 0.903. The second-order valence-corrected chi connectivity index (χ2v) is 14.5. The quantitative estimate of drug-likeness (QED) is 0.323. The van der Waals surface area contributed by atoms with E-state index in [1.807, 2.05) is 0 Å². The maximum atomic E-state index is 12.2. The predicted octanol–water partition coefficient (Wildman–Crippen LogP) is 6.41. The highest BCUT2D eigenvalue weighted by Gasteiger charge is 2.69. The van der Waals surface area contributed by atoms with Gasteiger partial charge < -0.3 is 19.7 Å². The van der Waals surface area contributed by atoms with Crippen molar-refractivity contribution in [2.75, 3.05) is 7.11 Å². The summed E-state index contributed by atoms with van der Waals surface area (Å²) in [4.78, 5) is 12.2. The minimum atomic E-state index is -1.49. The number of carbonyl (C=O) groups is 1. The third-order valence-electron chi connectivity index (χ3n) is 12.5. The van der Waals surface area contributed by atoms with Crippen molar-refractivity contribution in [2.45, 2.75) is 130 Å². The van der Waals surface area contributed by atoms with Crippen LogP contribution in [0.4, 0.5) is 0 Å². The molecule has 0 aromatic heterocycles. The molecular formula is C31H52O5. The largest absolute Gasteiger partial charge is 0.469 e. The Balaban J connectivity index is 1.65. The molecule has 1 saturated heterocycles. The molecule has 4 aliphatic rings. The number of fused-ring (bicyclic) bond motifs is 3. The molecule has 4 fully saturated rings. The van der Waals surface area contributed by atoms with Gasteiger partial charge in [-0.05, 0) is 119 Å². The van der Waals surface area contributed by atoms with E-state index in [1.54, 1.807) is 13.8 Å². The van der Waals surface area contributed by atoms with Gasteiger partial charge in [-0.1, -0.05) is 32.9 Å². The smallest absolute Gasteiger partial charge is 0.305 e. The summed E-state index contributed by atoms with van der Waals surface area (Å²) in [5.74, 6) is 0.241. The summed E-state index contributed by atoms with van der Waals surface area (Å²) in [6.45, 7) is 19.6. The highest BCUT2D eigenvalue weighted by molar-refractivity contribution is 5.69. The summed E-state index contributed by atoms with van der Waals surface area (Å²) >= 11 is 0. The first kappa shape index (κ1) is 28.1. The lowest BCUT2D eigenvalue weighted by molar-refractivity contribution is -0.305. The molecule has 206 valence electrons. The van der Waals surface area contributed by atoms with Crippen LogP contribution in [0.25, 0.3) is 0 Å². The average Bonchev–Trinajstić information content (AvgIpc) is 3.31. The lowest BCUT2D eigenvalue weighted by atomic mass is 9.38. The second kappa shape index (κ2) is 8.81. The minimum absolute atomic E-state index is 0.0218. The number of methoxy groups -OCH3 is 1. The number of rotatable bonds is 6. The lowest BCUT2D eigenvalue weighted by Gasteiger charge is -2.66. The number of allylic oxidation sites excluding steroid dienone is 1. The van der Waals surface area contributed by atoms with Crippen molar-refractivity contribution in [3.8, 4) is 0 Å². The summed E-state index contributed by atoms with van der Waals surface area (Å²) < 4.78 is 11.5. The standard InChI is InChI=1S/C31H52O5/c1-20(2)21-12-17-29(7)24(27(21,5)15-14-25(32)35-9)11-10-22-23(13-16-28(22,29)6)30(8)18-19-31(34,36-30)26(3,4)33/h21-24,33-34H,1,10-19H2,2-9H3. The molecule has 0 spiro atoms. The number of esters is 1. The van der Waals surface area contributed by atoms with Gasteiger partial charge in [-0.25, -0.2) is 0 Å². The van der Waals surface area contributed by atoms with Gasteiger partial charge in [0.05, 0.1) is 12.7 Å². The van der Waals surface area contributed by atoms with Crippen LogP contribution in [-0.4, -0.2) is 40.3 Å². The first-order valence-electron chi connectivity index (χ1n) is 14.3. The highest BCUT2D eigenvalue weighted by Crippen LogP contribution is 2.74. The van der Waals surface area contributed by atoms with Gasteiger partial charge in [0, 0.05) is 12.8 Å². The maximum Gasteiger partial charge on any atom is 0.305 e. The fourth-order valence-electron chi connectivity index (χ4n) is 10.1. The van der Waals surface area contributed by atoms with Crippen molar-refractivity contribution in [3.05, 3.63) is 12.2 Å². The molecule has 0 bridgehead atoms. The first-order valence-corrected chi connectivity index (χ1v) is 14.3. The average molecular weight is 505 g/mol. The number of carbonyl (C=O) groups excluding carboxylic acids is 1. The molecule has 5 nitrogen and oxygen atoms in total. The van der Waals surface area contributed by atoms with E-state index in [1.165, 1.54) is 25.5 Å². The van der Waals surface area contributed by atoms with Gasteiger partial charge in [0.25, 0.3) is 0 Å². The summed E-state index contributed by atoms with van der Waals surface area (Å²) in [6.07, 6.45) is 9.45. The molecule has 0 radical (unpaired) electrons. The maximum absolute atomic E-state index is 12.2. The third kappa shape index (κ3) is 3.93. The molecule has 36 heavy (non-hydrogen) atoms. The summed E-state index contributed by atoms with van der Waals surface area (Å²) in [5.41, 5.74) is -0.104. The molecule has 4 rings (SSSR count). The molecule has 1 heterocycles. The predicted molar refractivity (Wildman–Crippen MR) is 142 cm³/mol. The van der Waals surface area contributed by atoms with Crippen LogP contribution in [0.3, 0.4) is 0 Å². The van der Waals surface area contributed by atoms with E-state index in [0.717, 1.165) is 38.5 Å². The van der Waals surface area contributed by atoms with Crippen LogP contribution in [0.1, 0.15) is 113 Å². The van der Waals surface area contributed by atoms with Crippen molar-refractivity contribution in [3.63, 3.8) is 0 Å². The summed E-state index contributed by atoms with van der Waals surface area (Å²) in [7, 11) is 1.49. The topological polar surface area (TPSA) is 76.0 Å². The van der Waals surface area contributed by atoms with Crippen molar-refractivity contribution in [1.82, 2.24) is 0 Å². The Labute approximate surface area is 219 Å². The zero-order valence-electron chi connectivity index (χ0n) is 24.2. The van der Waals surface area contributed by atoms with Crippen LogP contribution in [0.2, 0.25) is 0 Å². The van der Waals surface area contributed by atoms with E-state index < -0.39 is 17.0 Å². The zero-order valence-corrected chi connectivity index (χ0v) is 24.2. The number of aliphatic hydroxyl groups is 2. The zero-order chi connectivity index (χ0) is 26.9. The van der Waals surface area contributed by atoms with Gasteiger partial charge in [0.15, 0.2) is 5.79 Å². The Hall–Kier alpha value is -0.910. The van der Waals surface area contributed by atoms with Crippen LogP contribution in [0, 0.1) is 39.9 Å². The van der Waals surface area contributed by atoms with Gasteiger partial charge in [-0.15, -0.1) is 0 Å². The first-order chi connectivity index (χ1) is 16.5. The Kier molecular flexibility index (Phi) is 6.88. The number of hydrogen-bond acceptors (Lipinski definition) is 5. The van der Waals surface area contributed by atoms with Crippen molar-refractivity contribution >= 4 is 5.97 Å². The number of ether oxygens (including phenoxy) is 2. The third-order valence-corrected chi connectivity index (χ3v) is 12.5. The molecule has 3 saturated carbocycles. The lowest BCUT2D eigenvalue weighted by Crippen LogP contribution is -2.60. The molecule has 9 unspecified atom stereocenters. The monoisotopic (exact) mass is 504 g/mol. The Morgan fingerprint density at radius 3 is 2.19 bits per heavy atom. The van der Waals surface area contributed by atoms with Crippen LogP contribution < -0.4 is 0 Å². The van der Waals surface area contributed by atoms with E-state index >= 15 is 0 Å².